The lowest BCUT2D eigenvalue weighted by Gasteiger charge is -2.16. The van der Waals surface area contributed by atoms with Crippen LogP contribution in [0.3, 0.4) is 0 Å². The monoisotopic (exact) mass is 300 g/mol. The van der Waals surface area contributed by atoms with E-state index in [2.05, 4.69) is 15.2 Å². The highest BCUT2D eigenvalue weighted by Crippen LogP contribution is 2.30. The summed E-state index contributed by atoms with van der Waals surface area (Å²) in [4.78, 5) is 13.7. The maximum absolute atomic E-state index is 11.3. The molecule has 0 aliphatic carbocycles. The van der Waals surface area contributed by atoms with Crippen molar-refractivity contribution >= 4 is 6.29 Å². The van der Waals surface area contributed by atoms with E-state index in [0.717, 1.165) is 42.9 Å². The number of likely N-dealkylation sites (tertiary alicyclic amines) is 1. The molecular weight excluding hydrogens is 280 g/mol. The van der Waals surface area contributed by atoms with Crippen LogP contribution in [0.1, 0.15) is 23.3 Å². The number of para-hydroxylation sites is 1. The lowest BCUT2D eigenvalue weighted by Crippen LogP contribution is -2.24. The van der Waals surface area contributed by atoms with Gasteiger partial charge in [-0.15, -0.1) is 5.10 Å². The first kappa shape index (κ1) is 14.7. The SMILES string of the molecule is COc1ccccc1-c1c(C=O)nnn1CCN1CCCC1. The fourth-order valence-electron chi connectivity index (χ4n) is 2.92. The lowest BCUT2D eigenvalue weighted by atomic mass is 10.1. The van der Waals surface area contributed by atoms with Gasteiger partial charge < -0.3 is 9.64 Å². The zero-order chi connectivity index (χ0) is 15.4. The van der Waals surface area contributed by atoms with Gasteiger partial charge in [0.1, 0.15) is 11.4 Å². The molecule has 0 atom stereocenters. The van der Waals surface area contributed by atoms with Gasteiger partial charge in [0.25, 0.3) is 0 Å². The van der Waals surface area contributed by atoms with E-state index >= 15 is 0 Å². The molecule has 1 aliphatic rings. The van der Waals surface area contributed by atoms with Crippen molar-refractivity contribution < 1.29 is 9.53 Å². The quantitative estimate of drug-likeness (QED) is 0.762. The van der Waals surface area contributed by atoms with Crippen molar-refractivity contribution in [2.24, 2.45) is 0 Å². The molecule has 116 valence electrons. The van der Waals surface area contributed by atoms with Crippen LogP contribution in [0, 0.1) is 0 Å². The van der Waals surface area contributed by atoms with Crippen LogP contribution in [0.4, 0.5) is 0 Å². The molecule has 3 rings (SSSR count). The average molecular weight is 300 g/mol. The molecular formula is C16H20N4O2. The Kier molecular flexibility index (Phi) is 4.48. The van der Waals surface area contributed by atoms with Crippen molar-refractivity contribution in [3.63, 3.8) is 0 Å². The number of methoxy groups -OCH3 is 1. The van der Waals surface area contributed by atoms with Gasteiger partial charge in [0.05, 0.1) is 13.7 Å². The fourth-order valence-corrected chi connectivity index (χ4v) is 2.92. The summed E-state index contributed by atoms with van der Waals surface area (Å²) < 4.78 is 7.21. The molecule has 0 amide bonds. The highest BCUT2D eigenvalue weighted by molar-refractivity contribution is 5.85. The van der Waals surface area contributed by atoms with E-state index in [-0.39, 0.29) is 0 Å². The largest absolute Gasteiger partial charge is 0.496 e. The molecule has 1 saturated heterocycles. The number of ether oxygens (including phenoxy) is 1. The number of hydrogen-bond acceptors (Lipinski definition) is 5. The fraction of sp³-hybridized carbons (Fsp3) is 0.438. The zero-order valence-corrected chi connectivity index (χ0v) is 12.7. The highest BCUT2D eigenvalue weighted by Gasteiger charge is 2.19. The van der Waals surface area contributed by atoms with Gasteiger partial charge in [-0.2, -0.15) is 0 Å². The van der Waals surface area contributed by atoms with Crippen LogP contribution in [0.15, 0.2) is 24.3 Å². The second-order valence-corrected chi connectivity index (χ2v) is 5.41. The van der Waals surface area contributed by atoms with Crippen LogP contribution >= 0.6 is 0 Å². The van der Waals surface area contributed by atoms with Crippen LogP contribution < -0.4 is 4.74 Å². The van der Waals surface area contributed by atoms with Gasteiger partial charge in [0.2, 0.25) is 0 Å². The van der Waals surface area contributed by atoms with E-state index < -0.39 is 0 Å². The van der Waals surface area contributed by atoms with Gasteiger partial charge in [0.15, 0.2) is 12.0 Å². The molecule has 1 aliphatic heterocycles. The maximum atomic E-state index is 11.3. The van der Waals surface area contributed by atoms with E-state index in [4.69, 9.17) is 4.74 Å². The molecule has 0 radical (unpaired) electrons. The van der Waals surface area contributed by atoms with Gasteiger partial charge in [-0.05, 0) is 38.1 Å². The summed E-state index contributed by atoms with van der Waals surface area (Å²) in [5.74, 6) is 0.718. The zero-order valence-electron chi connectivity index (χ0n) is 12.7. The van der Waals surface area contributed by atoms with E-state index in [9.17, 15) is 4.79 Å². The first-order chi connectivity index (χ1) is 10.8. The molecule has 0 bridgehead atoms. The van der Waals surface area contributed by atoms with E-state index in [1.54, 1.807) is 11.8 Å². The highest BCUT2D eigenvalue weighted by atomic mass is 16.5. The van der Waals surface area contributed by atoms with E-state index in [0.29, 0.717) is 12.2 Å². The Labute approximate surface area is 129 Å². The number of carbonyl (C=O) groups excluding carboxylic acids is 1. The minimum Gasteiger partial charge on any atom is -0.496 e. The van der Waals surface area contributed by atoms with Crippen LogP contribution in [0.25, 0.3) is 11.3 Å². The van der Waals surface area contributed by atoms with Crippen LogP contribution in [0.2, 0.25) is 0 Å². The molecule has 1 aromatic carbocycles. The number of benzene rings is 1. The summed E-state index contributed by atoms with van der Waals surface area (Å²) in [6.45, 7) is 3.91. The molecule has 2 heterocycles. The molecule has 1 fully saturated rings. The Morgan fingerprint density at radius 1 is 1.23 bits per heavy atom. The molecule has 22 heavy (non-hydrogen) atoms. The smallest absolute Gasteiger partial charge is 0.172 e. The predicted octanol–water partition coefficient (Wildman–Crippen LogP) is 1.86. The van der Waals surface area contributed by atoms with Crippen molar-refractivity contribution in [2.45, 2.75) is 19.4 Å². The summed E-state index contributed by atoms with van der Waals surface area (Å²) >= 11 is 0. The maximum Gasteiger partial charge on any atom is 0.172 e. The normalized spacial score (nSPS) is 15.1. The molecule has 6 heteroatoms. The average Bonchev–Trinajstić information content (AvgIpc) is 3.21. The standard InChI is InChI=1S/C16H20N4O2/c1-22-15-7-3-2-6-13(15)16-14(12-21)17-18-20(16)11-10-19-8-4-5-9-19/h2-3,6-7,12H,4-5,8-11H2,1H3. The van der Waals surface area contributed by atoms with Gasteiger partial charge >= 0.3 is 0 Å². The van der Waals surface area contributed by atoms with Crippen molar-refractivity contribution in [2.75, 3.05) is 26.7 Å². The topological polar surface area (TPSA) is 60.2 Å². The number of aldehydes is 1. The summed E-state index contributed by atoms with van der Waals surface area (Å²) in [5.41, 5.74) is 1.93. The van der Waals surface area contributed by atoms with Crippen molar-refractivity contribution in [1.82, 2.24) is 19.9 Å². The third-order valence-electron chi connectivity index (χ3n) is 4.06. The Bertz CT molecular complexity index is 647. The molecule has 0 saturated carbocycles. The molecule has 2 aromatic rings. The second-order valence-electron chi connectivity index (χ2n) is 5.41. The Balaban J connectivity index is 1.91. The first-order valence-corrected chi connectivity index (χ1v) is 7.58. The third kappa shape index (κ3) is 2.87. The van der Waals surface area contributed by atoms with E-state index in [1.807, 2.05) is 24.3 Å². The van der Waals surface area contributed by atoms with Crippen LogP contribution in [-0.2, 0) is 6.54 Å². The first-order valence-electron chi connectivity index (χ1n) is 7.58. The Morgan fingerprint density at radius 2 is 2.00 bits per heavy atom. The predicted molar refractivity (Wildman–Crippen MR) is 83.1 cm³/mol. The molecule has 0 N–H and O–H groups in total. The number of carbonyl (C=O) groups is 1. The lowest BCUT2D eigenvalue weighted by molar-refractivity contribution is 0.111. The minimum atomic E-state index is 0.353. The Morgan fingerprint density at radius 3 is 2.73 bits per heavy atom. The third-order valence-corrected chi connectivity index (χ3v) is 4.06. The van der Waals surface area contributed by atoms with Gasteiger partial charge in [-0.25, -0.2) is 4.68 Å². The number of nitrogens with zero attached hydrogens (tertiary/aromatic N) is 4. The number of aromatic nitrogens is 3. The molecule has 1 aromatic heterocycles. The summed E-state index contributed by atoms with van der Waals surface area (Å²) in [6.07, 6.45) is 3.27. The summed E-state index contributed by atoms with van der Waals surface area (Å²) in [6, 6.07) is 7.63. The van der Waals surface area contributed by atoms with Gasteiger partial charge in [0, 0.05) is 12.1 Å². The van der Waals surface area contributed by atoms with Gasteiger partial charge in [-0.1, -0.05) is 17.3 Å². The number of hydrogen-bond donors (Lipinski definition) is 0. The van der Waals surface area contributed by atoms with Crippen LogP contribution in [0.5, 0.6) is 5.75 Å². The molecule has 6 nitrogen and oxygen atoms in total. The van der Waals surface area contributed by atoms with Crippen molar-refractivity contribution in [1.29, 1.82) is 0 Å². The summed E-state index contributed by atoms with van der Waals surface area (Å²) in [7, 11) is 1.62. The Hall–Kier alpha value is -2.21. The summed E-state index contributed by atoms with van der Waals surface area (Å²) in [5, 5.41) is 8.16. The van der Waals surface area contributed by atoms with E-state index in [1.165, 1.54) is 12.8 Å². The van der Waals surface area contributed by atoms with Crippen molar-refractivity contribution in [3.8, 4) is 17.0 Å². The molecule has 0 spiro atoms. The number of rotatable bonds is 6. The van der Waals surface area contributed by atoms with Gasteiger partial charge in [-0.3, -0.25) is 4.79 Å². The molecule has 0 unspecified atom stereocenters. The van der Waals surface area contributed by atoms with Crippen LogP contribution in [-0.4, -0.2) is 52.9 Å². The second kappa shape index (κ2) is 6.70. The minimum absolute atomic E-state index is 0.353. The van der Waals surface area contributed by atoms with Crippen molar-refractivity contribution in [3.05, 3.63) is 30.0 Å².